The van der Waals surface area contributed by atoms with Crippen LogP contribution in [-0.4, -0.2) is 33.8 Å². The number of carboxylic acid groups (broad SMARTS) is 1. The number of aromatic nitrogens is 2. The Morgan fingerprint density at radius 3 is 2.81 bits per heavy atom. The molecule has 0 spiro atoms. The van der Waals surface area contributed by atoms with Crippen LogP contribution in [0.3, 0.4) is 0 Å². The van der Waals surface area contributed by atoms with E-state index in [0.717, 1.165) is 29.7 Å². The average Bonchev–Trinajstić information content (AvgIpc) is 2.82. The monoisotopic (exact) mass is 290 g/mol. The first-order valence-corrected chi connectivity index (χ1v) is 7.40. The molecule has 0 aliphatic heterocycles. The molecule has 0 saturated heterocycles. The van der Waals surface area contributed by atoms with Gasteiger partial charge >= 0.3 is 5.97 Å². The molecule has 1 atom stereocenters. The summed E-state index contributed by atoms with van der Waals surface area (Å²) in [5.41, 5.74) is 1.99. The summed E-state index contributed by atoms with van der Waals surface area (Å²) in [5.74, 6) is 0.0707. The Bertz CT molecular complexity index is 634. The molecule has 2 aromatic rings. The molecule has 0 saturated carbocycles. The summed E-state index contributed by atoms with van der Waals surface area (Å²) < 4.78 is 7.63. The first-order valence-electron chi connectivity index (χ1n) is 7.40. The summed E-state index contributed by atoms with van der Waals surface area (Å²) in [4.78, 5) is 15.8. The maximum atomic E-state index is 11.2. The molecule has 0 bridgehead atoms. The summed E-state index contributed by atoms with van der Waals surface area (Å²) in [7, 11) is 0. The molecule has 114 valence electrons. The number of rotatable bonds is 7. The number of aromatic carboxylic acids is 1. The van der Waals surface area contributed by atoms with Crippen LogP contribution in [0.5, 0.6) is 0 Å². The summed E-state index contributed by atoms with van der Waals surface area (Å²) in [6.07, 6.45) is 1.87. The second-order valence-electron chi connectivity index (χ2n) is 5.17. The minimum Gasteiger partial charge on any atom is -0.478 e. The SMILES string of the molecule is CCCc1nc2ccc(C(=O)O)cc2n1C(C)COCC. The van der Waals surface area contributed by atoms with Crippen molar-refractivity contribution in [3.8, 4) is 0 Å². The van der Waals surface area contributed by atoms with E-state index in [0.29, 0.717) is 13.2 Å². The maximum Gasteiger partial charge on any atom is 0.335 e. The zero-order valence-electron chi connectivity index (χ0n) is 12.8. The largest absolute Gasteiger partial charge is 0.478 e. The quantitative estimate of drug-likeness (QED) is 0.850. The van der Waals surface area contributed by atoms with Crippen molar-refractivity contribution in [2.24, 2.45) is 0 Å². The average molecular weight is 290 g/mol. The van der Waals surface area contributed by atoms with Crippen LogP contribution in [0.25, 0.3) is 11.0 Å². The smallest absolute Gasteiger partial charge is 0.335 e. The lowest BCUT2D eigenvalue weighted by atomic mass is 10.2. The van der Waals surface area contributed by atoms with Gasteiger partial charge in [0.15, 0.2) is 0 Å². The van der Waals surface area contributed by atoms with Crippen LogP contribution in [0.1, 0.15) is 49.4 Å². The van der Waals surface area contributed by atoms with Crippen molar-refractivity contribution >= 4 is 17.0 Å². The van der Waals surface area contributed by atoms with Gasteiger partial charge in [-0.15, -0.1) is 0 Å². The van der Waals surface area contributed by atoms with Gasteiger partial charge in [-0.05, 0) is 38.5 Å². The van der Waals surface area contributed by atoms with Gasteiger partial charge in [0, 0.05) is 13.0 Å². The molecule has 0 fully saturated rings. The van der Waals surface area contributed by atoms with E-state index in [4.69, 9.17) is 4.74 Å². The number of aryl methyl sites for hydroxylation is 1. The number of hydrogen-bond acceptors (Lipinski definition) is 3. The highest BCUT2D eigenvalue weighted by Gasteiger charge is 2.17. The number of ether oxygens (including phenoxy) is 1. The van der Waals surface area contributed by atoms with Crippen LogP contribution >= 0.6 is 0 Å². The molecular formula is C16H22N2O3. The maximum absolute atomic E-state index is 11.2. The third-order valence-corrected chi connectivity index (χ3v) is 3.49. The minimum absolute atomic E-state index is 0.126. The summed E-state index contributed by atoms with van der Waals surface area (Å²) in [5, 5.41) is 9.17. The Morgan fingerprint density at radius 2 is 2.19 bits per heavy atom. The van der Waals surface area contributed by atoms with E-state index in [1.54, 1.807) is 18.2 Å². The Labute approximate surface area is 124 Å². The fourth-order valence-corrected chi connectivity index (χ4v) is 2.53. The predicted molar refractivity (Wildman–Crippen MR) is 81.9 cm³/mol. The van der Waals surface area contributed by atoms with Gasteiger partial charge < -0.3 is 14.4 Å². The molecule has 2 rings (SSSR count). The molecule has 1 aromatic heterocycles. The highest BCUT2D eigenvalue weighted by Crippen LogP contribution is 2.24. The van der Waals surface area contributed by atoms with E-state index in [9.17, 15) is 9.90 Å². The van der Waals surface area contributed by atoms with E-state index in [1.165, 1.54) is 0 Å². The number of carboxylic acids is 1. The standard InChI is InChI=1S/C16H22N2O3/c1-4-6-15-17-13-8-7-12(16(19)20)9-14(13)18(15)11(3)10-21-5-2/h7-9,11H,4-6,10H2,1-3H3,(H,19,20). The van der Waals surface area contributed by atoms with Crippen LogP contribution in [-0.2, 0) is 11.2 Å². The number of imidazole rings is 1. The number of carbonyl (C=O) groups is 1. The normalized spacial score (nSPS) is 12.7. The first kappa shape index (κ1) is 15.5. The lowest BCUT2D eigenvalue weighted by Gasteiger charge is -2.17. The second-order valence-corrected chi connectivity index (χ2v) is 5.17. The van der Waals surface area contributed by atoms with E-state index in [1.807, 2.05) is 6.92 Å². The van der Waals surface area contributed by atoms with Gasteiger partial charge in [0.05, 0.1) is 29.2 Å². The Kier molecular flexibility index (Phi) is 4.96. The zero-order chi connectivity index (χ0) is 15.4. The molecule has 1 unspecified atom stereocenters. The lowest BCUT2D eigenvalue weighted by molar-refractivity contribution is 0.0697. The Hall–Kier alpha value is -1.88. The minimum atomic E-state index is -0.917. The number of hydrogen-bond donors (Lipinski definition) is 1. The van der Waals surface area contributed by atoms with E-state index in [-0.39, 0.29) is 11.6 Å². The fraction of sp³-hybridized carbons (Fsp3) is 0.500. The number of benzene rings is 1. The Balaban J connectivity index is 2.52. The summed E-state index contributed by atoms with van der Waals surface area (Å²) in [6, 6.07) is 5.21. The molecule has 5 nitrogen and oxygen atoms in total. The van der Waals surface area contributed by atoms with Gasteiger partial charge in [-0.3, -0.25) is 0 Å². The molecule has 1 N–H and O–H groups in total. The topological polar surface area (TPSA) is 64.3 Å². The summed E-state index contributed by atoms with van der Waals surface area (Å²) in [6.45, 7) is 7.41. The van der Waals surface area contributed by atoms with Gasteiger partial charge in [-0.2, -0.15) is 0 Å². The van der Waals surface area contributed by atoms with E-state index >= 15 is 0 Å². The molecule has 0 aliphatic carbocycles. The van der Waals surface area contributed by atoms with Crippen molar-refractivity contribution in [3.63, 3.8) is 0 Å². The Morgan fingerprint density at radius 1 is 1.43 bits per heavy atom. The third-order valence-electron chi connectivity index (χ3n) is 3.49. The molecule has 0 amide bonds. The van der Waals surface area contributed by atoms with Crippen molar-refractivity contribution in [3.05, 3.63) is 29.6 Å². The first-order chi connectivity index (χ1) is 10.1. The second kappa shape index (κ2) is 6.72. The van der Waals surface area contributed by atoms with Crippen molar-refractivity contribution in [1.82, 2.24) is 9.55 Å². The molecular weight excluding hydrogens is 268 g/mol. The highest BCUT2D eigenvalue weighted by atomic mass is 16.5. The predicted octanol–water partition coefficient (Wildman–Crippen LogP) is 3.28. The molecule has 0 aliphatic rings. The van der Waals surface area contributed by atoms with Crippen molar-refractivity contribution in [2.45, 2.75) is 39.7 Å². The van der Waals surface area contributed by atoms with E-state index < -0.39 is 5.97 Å². The van der Waals surface area contributed by atoms with Crippen molar-refractivity contribution in [2.75, 3.05) is 13.2 Å². The van der Waals surface area contributed by atoms with Crippen LogP contribution in [0.2, 0.25) is 0 Å². The summed E-state index contributed by atoms with van der Waals surface area (Å²) >= 11 is 0. The van der Waals surface area contributed by atoms with Gasteiger partial charge in [0.1, 0.15) is 5.82 Å². The van der Waals surface area contributed by atoms with E-state index in [2.05, 4.69) is 23.4 Å². The zero-order valence-corrected chi connectivity index (χ0v) is 12.8. The van der Waals surface area contributed by atoms with Gasteiger partial charge in [0.2, 0.25) is 0 Å². The van der Waals surface area contributed by atoms with Gasteiger partial charge in [0.25, 0.3) is 0 Å². The van der Waals surface area contributed by atoms with Crippen molar-refractivity contribution in [1.29, 1.82) is 0 Å². The molecule has 1 heterocycles. The molecule has 0 radical (unpaired) electrons. The highest BCUT2D eigenvalue weighted by molar-refractivity contribution is 5.92. The third kappa shape index (κ3) is 3.24. The molecule has 21 heavy (non-hydrogen) atoms. The van der Waals surface area contributed by atoms with Gasteiger partial charge in [-0.25, -0.2) is 9.78 Å². The molecule has 1 aromatic carbocycles. The van der Waals surface area contributed by atoms with Crippen LogP contribution in [0.4, 0.5) is 0 Å². The van der Waals surface area contributed by atoms with Crippen LogP contribution in [0, 0.1) is 0 Å². The number of fused-ring (bicyclic) bond motifs is 1. The molecule has 5 heteroatoms. The van der Waals surface area contributed by atoms with Crippen LogP contribution in [0.15, 0.2) is 18.2 Å². The van der Waals surface area contributed by atoms with Crippen molar-refractivity contribution < 1.29 is 14.6 Å². The van der Waals surface area contributed by atoms with Crippen LogP contribution < -0.4 is 0 Å². The number of nitrogens with zero attached hydrogens (tertiary/aromatic N) is 2. The fourth-order valence-electron chi connectivity index (χ4n) is 2.53. The lowest BCUT2D eigenvalue weighted by Crippen LogP contribution is -2.15. The van der Waals surface area contributed by atoms with Gasteiger partial charge in [-0.1, -0.05) is 6.92 Å².